The number of benzene rings is 4. The molecule has 6 rings (SSSR count). The summed E-state index contributed by atoms with van der Waals surface area (Å²) < 4.78 is 107. The number of alkyl halides is 6. The topological polar surface area (TPSA) is 93.2 Å². The average Bonchev–Trinajstić information content (AvgIpc) is 3.58. The zero-order valence-corrected chi connectivity index (χ0v) is 28.3. The molecule has 4 aromatic rings. The minimum absolute atomic E-state index is 0.0426. The maximum Gasteiger partial charge on any atom is 0.411 e. The lowest BCUT2D eigenvalue weighted by atomic mass is 9.70. The highest BCUT2D eigenvalue weighted by Gasteiger charge is 2.74. The number of imide groups is 2. The van der Waals surface area contributed by atoms with Gasteiger partial charge in [0.1, 0.15) is 23.0 Å². The maximum atomic E-state index is 15.8. The molecule has 4 aromatic carbocycles. The van der Waals surface area contributed by atoms with Gasteiger partial charge in [-0.05, 0) is 87.4 Å². The lowest BCUT2D eigenvalue weighted by molar-refractivity contribution is -0.289. The van der Waals surface area contributed by atoms with Crippen molar-refractivity contribution in [3.8, 4) is 23.0 Å². The lowest BCUT2D eigenvalue weighted by Crippen LogP contribution is -2.55. The van der Waals surface area contributed by atoms with Crippen LogP contribution in [-0.4, -0.2) is 36.0 Å². The molecular formula is C39H28F6N2O6. The van der Waals surface area contributed by atoms with Crippen molar-refractivity contribution in [2.24, 2.45) is 0 Å². The Morgan fingerprint density at radius 3 is 1.06 bits per heavy atom. The largest absolute Gasteiger partial charge is 0.457 e. The number of halogens is 6. The molecule has 0 radical (unpaired) electrons. The molecule has 0 spiro atoms. The monoisotopic (exact) mass is 734 g/mol. The van der Waals surface area contributed by atoms with E-state index >= 15 is 26.3 Å². The van der Waals surface area contributed by atoms with Crippen LogP contribution in [0.15, 0.2) is 97.1 Å². The molecule has 2 aliphatic rings. The third-order valence-electron chi connectivity index (χ3n) is 8.74. The summed E-state index contributed by atoms with van der Waals surface area (Å²) in [7, 11) is 0. The molecule has 8 nitrogen and oxygen atoms in total. The number of ether oxygens (including phenoxy) is 2. The van der Waals surface area contributed by atoms with Gasteiger partial charge in [0.25, 0.3) is 23.6 Å². The Kier molecular flexibility index (Phi) is 9.05. The summed E-state index contributed by atoms with van der Waals surface area (Å²) in [4.78, 5) is 50.2. The summed E-state index contributed by atoms with van der Waals surface area (Å²) in [5.74, 6) is -4.31. The van der Waals surface area contributed by atoms with Gasteiger partial charge in [-0.3, -0.25) is 19.2 Å². The summed E-state index contributed by atoms with van der Waals surface area (Å²) in [5, 5.41) is 0. The molecule has 0 unspecified atom stereocenters. The summed E-state index contributed by atoms with van der Waals surface area (Å²) in [6.07, 6.45) is -7.86. The first kappa shape index (κ1) is 36.6. The predicted octanol–water partition coefficient (Wildman–Crippen LogP) is 8.77. The van der Waals surface area contributed by atoms with Gasteiger partial charge in [-0.1, -0.05) is 35.4 Å². The molecule has 4 amide bonds. The van der Waals surface area contributed by atoms with Crippen LogP contribution < -0.4 is 19.3 Å². The molecule has 0 aliphatic carbocycles. The van der Waals surface area contributed by atoms with Gasteiger partial charge < -0.3 is 9.47 Å². The Bertz CT molecular complexity index is 2040. The number of aryl methyl sites for hydroxylation is 4. The third-order valence-corrected chi connectivity index (χ3v) is 8.74. The molecule has 0 fully saturated rings. The molecule has 0 N–H and O–H groups in total. The van der Waals surface area contributed by atoms with E-state index in [0.717, 1.165) is 46.2 Å². The highest BCUT2D eigenvalue weighted by atomic mass is 19.4. The molecular weight excluding hydrogens is 706 g/mol. The minimum atomic E-state index is -6.04. The zero-order chi connectivity index (χ0) is 38.6. The molecule has 0 saturated carbocycles. The Morgan fingerprint density at radius 2 is 0.774 bits per heavy atom. The molecule has 272 valence electrons. The molecule has 2 heterocycles. The summed E-state index contributed by atoms with van der Waals surface area (Å²) >= 11 is 0. The summed E-state index contributed by atoms with van der Waals surface area (Å²) in [5.41, 5.74) is -6.93. The van der Waals surface area contributed by atoms with Crippen LogP contribution in [0, 0.1) is 27.7 Å². The second-order valence-electron chi connectivity index (χ2n) is 12.5. The minimum Gasteiger partial charge on any atom is -0.457 e. The number of amides is 4. The molecule has 0 saturated heterocycles. The van der Waals surface area contributed by atoms with Gasteiger partial charge in [-0.15, -0.1) is 0 Å². The van der Waals surface area contributed by atoms with E-state index in [1.807, 2.05) is 0 Å². The molecule has 0 atom stereocenters. The Balaban J connectivity index is 1.52. The van der Waals surface area contributed by atoms with Crippen LogP contribution in [0.5, 0.6) is 23.0 Å². The third kappa shape index (κ3) is 6.34. The van der Waals surface area contributed by atoms with E-state index in [9.17, 15) is 19.2 Å². The molecule has 0 bridgehead atoms. The molecule has 53 heavy (non-hydrogen) atoms. The number of carbonyl (C=O) groups is 4. The van der Waals surface area contributed by atoms with Crippen LogP contribution in [-0.2, 0) is 24.6 Å². The van der Waals surface area contributed by atoms with Crippen LogP contribution in [0.3, 0.4) is 0 Å². The first-order valence-corrected chi connectivity index (χ1v) is 15.9. The first-order valence-electron chi connectivity index (χ1n) is 15.9. The predicted molar refractivity (Wildman–Crippen MR) is 181 cm³/mol. The average molecular weight is 735 g/mol. The quantitative estimate of drug-likeness (QED) is 0.133. The first-order chi connectivity index (χ1) is 24.8. The van der Waals surface area contributed by atoms with Crippen molar-refractivity contribution in [3.63, 3.8) is 0 Å². The van der Waals surface area contributed by atoms with Crippen LogP contribution in [0.25, 0.3) is 0 Å². The van der Waals surface area contributed by atoms with E-state index in [-0.39, 0.29) is 45.1 Å². The fourth-order valence-electron chi connectivity index (χ4n) is 6.53. The normalized spacial score (nSPS) is 14.9. The second kappa shape index (κ2) is 13.1. The highest BCUT2D eigenvalue weighted by Crippen LogP contribution is 2.61. The molecule has 0 aromatic heterocycles. The van der Waals surface area contributed by atoms with E-state index in [4.69, 9.17) is 9.47 Å². The maximum absolute atomic E-state index is 15.8. The Hall–Kier alpha value is -6.18. The molecule has 14 heteroatoms. The van der Waals surface area contributed by atoms with Gasteiger partial charge in [0.2, 0.25) is 5.41 Å². The Labute approximate surface area is 298 Å². The van der Waals surface area contributed by atoms with Crippen LogP contribution in [0.1, 0.15) is 33.4 Å². The number of anilines is 2. The van der Waals surface area contributed by atoms with E-state index in [1.165, 1.54) is 88.4 Å². The number of nitrogens with zero attached hydrogens (tertiary/aromatic N) is 2. The van der Waals surface area contributed by atoms with E-state index < -0.39 is 64.0 Å². The fraction of sp³-hybridized carbons (Fsp3) is 0.179. The van der Waals surface area contributed by atoms with Crippen LogP contribution >= 0.6 is 0 Å². The van der Waals surface area contributed by atoms with Crippen molar-refractivity contribution in [2.75, 3.05) is 9.80 Å². The number of hydrogen-bond donors (Lipinski definition) is 0. The number of rotatable bonds is 8. The zero-order valence-electron chi connectivity index (χ0n) is 28.3. The van der Waals surface area contributed by atoms with Crippen LogP contribution in [0.2, 0.25) is 0 Å². The van der Waals surface area contributed by atoms with Gasteiger partial charge >= 0.3 is 12.4 Å². The van der Waals surface area contributed by atoms with Gasteiger partial charge in [0, 0.05) is 35.4 Å². The van der Waals surface area contributed by atoms with Crippen molar-refractivity contribution >= 4 is 35.0 Å². The van der Waals surface area contributed by atoms with E-state index in [2.05, 4.69) is 0 Å². The lowest BCUT2D eigenvalue weighted by Gasteiger charge is -2.40. The van der Waals surface area contributed by atoms with Gasteiger partial charge in [0.05, 0.1) is 11.4 Å². The highest BCUT2D eigenvalue weighted by molar-refractivity contribution is 6.28. The van der Waals surface area contributed by atoms with E-state index in [1.54, 1.807) is 0 Å². The van der Waals surface area contributed by atoms with Gasteiger partial charge in [-0.2, -0.15) is 26.3 Å². The van der Waals surface area contributed by atoms with Crippen molar-refractivity contribution in [1.82, 2.24) is 0 Å². The molecule has 2 aliphatic heterocycles. The van der Waals surface area contributed by atoms with Crippen molar-refractivity contribution in [1.29, 1.82) is 0 Å². The number of carbonyl (C=O) groups excluding carboxylic acids is 4. The standard InChI is InChI=1S/C39H28F6N2O6/c1-21-17-23(3)35(52-27-9-5-25(6-10-27)46-31(48)13-14-32(46)49)29(19-21)37(38(40,41)42,39(43,44)45)30-20-22(2)18-24(4)36(30)53-28-11-7-26(8-12-28)47-33(50)15-16-34(47)51/h5-20H,1-4H3. The van der Waals surface area contributed by atoms with Crippen molar-refractivity contribution in [3.05, 3.63) is 130 Å². The van der Waals surface area contributed by atoms with E-state index in [0.29, 0.717) is 0 Å². The number of hydrogen-bond acceptors (Lipinski definition) is 6. The summed E-state index contributed by atoms with van der Waals surface area (Å²) in [6, 6.07) is 14.3. The summed E-state index contributed by atoms with van der Waals surface area (Å²) in [6.45, 7) is 5.35. The van der Waals surface area contributed by atoms with Crippen LogP contribution in [0.4, 0.5) is 37.7 Å². The van der Waals surface area contributed by atoms with Crippen molar-refractivity contribution < 1.29 is 55.0 Å². The SMILES string of the molecule is Cc1cc(C)c(Oc2ccc(N3C(=O)C=CC3=O)cc2)c(C(c2cc(C)cc(C)c2Oc2ccc(N3C(=O)C=CC3=O)cc2)(C(F)(F)F)C(F)(F)F)c1. The van der Waals surface area contributed by atoms with Gasteiger partial charge in [-0.25, -0.2) is 9.80 Å². The Morgan fingerprint density at radius 1 is 0.472 bits per heavy atom. The van der Waals surface area contributed by atoms with Gasteiger partial charge in [0.15, 0.2) is 0 Å². The smallest absolute Gasteiger partial charge is 0.411 e. The second-order valence-corrected chi connectivity index (χ2v) is 12.5. The van der Waals surface area contributed by atoms with Crippen molar-refractivity contribution in [2.45, 2.75) is 45.5 Å². The fourth-order valence-corrected chi connectivity index (χ4v) is 6.53.